The van der Waals surface area contributed by atoms with Gasteiger partial charge in [0.25, 0.3) is 5.56 Å². The van der Waals surface area contributed by atoms with E-state index in [1.54, 1.807) is 35.2 Å². The van der Waals surface area contributed by atoms with Crippen molar-refractivity contribution < 1.29 is 5.11 Å². The summed E-state index contributed by atoms with van der Waals surface area (Å²) >= 11 is 0. The molecule has 3 aromatic rings. The summed E-state index contributed by atoms with van der Waals surface area (Å²) in [6, 6.07) is 5.33. The van der Waals surface area contributed by atoms with Crippen molar-refractivity contribution in [3.8, 4) is 0 Å². The van der Waals surface area contributed by atoms with Crippen molar-refractivity contribution in [3.05, 3.63) is 52.2 Å². The molecule has 0 aromatic carbocycles. The predicted molar refractivity (Wildman–Crippen MR) is 101 cm³/mol. The number of rotatable bonds is 7. The second-order valence-corrected chi connectivity index (χ2v) is 6.04. The molecule has 26 heavy (non-hydrogen) atoms. The molecule has 0 bridgehead atoms. The first-order valence-electron chi connectivity index (χ1n) is 8.57. The molecule has 3 aromatic heterocycles. The van der Waals surface area contributed by atoms with Gasteiger partial charge in [-0.25, -0.2) is 4.98 Å². The standard InChI is InChI=1S/C18H22N6O2/c1-2-3-7-20-16-15-14(22-18(19)23-16)6-8-24(17(15)26)10-13-5-4-12(11-25)9-21-13/h4-6,8-9,25H,2-3,7,10-11H2,1H3,(H3,19,20,22,23). The number of aliphatic hydroxyl groups excluding tert-OH is 1. The van der Waals surface area contributed by atoms with Gasteiger partial charge in [-0.05, 0) is 24.1 Å². The summed E-state index contributed by atoms with van der Waals surface area (Å²) in [5.41, 5.74) is 7.53. The van der Waals surface area contributed by atoms with E-state index in [2.05, 4.69) is 27.2 Å². The van der Waals surface area contributed by atoms with Crippen LogP contribution < -0.4 is 16.6 Å². The zero-order valence-corrected chi connectivity index (χ0v) is 14.6. The molecule has 0 spiro atoms. The number of hydrogen-bond acceptors (Lipinski definition) is 7. The number of nitrogens with zero attached hydrogens (tertiary/aromatic N) is 4. The quantitative estimate of drug-likeness (QED) is 0.550. The first kappa shape index (κ1) is 17.8. The number of fused-ring (bicyclic) bond motifs is 1. The fourth-order valence-electron chi connectivity index (χ4n) is 2.65. The van der Waals surface area contributed by atoms with Gasteiger partial charge in [0.2, 0.25) is 5.95 Å². The largest absolute Gasteiger partial charge is 0.392 e. The molecule has 0 fully saturated rings. The van der Waals surface area contributed by atoms with Crippen LogP contribution in [0.2, 0.25) is 0 Å². The first-order chi connectivity index (χ1) is 12.6. The summed E-state index contributed by atoms with van der Waals surface area (Å²) in [5.74, 6) is 0.596. The number of anilines is 2. The summed E-state index contributed by atoms with van der Waals surface area (Å²) in [6.07, 6.45) is 5.27. The highest BCUT2D eigenvalue weighted by molar-refractivity contribution is 5.89. The van der Waals surface area contributed by atoms with Crippen molar-refractivity contribution in [1.29, 1.82) is 0 Å². The van der Waals surface area contributed by atoms with Gasteiger partial charge in [-0.1, -0.05) is 19.4 Å². The molecule has 0 aliphatic heterocycles. The second-order valence-electron chi connectivity index (χ2n) is 6.04. The number of pyridine rings is 2. The average molecular weight is 354 g/mol. The van der Waals surface area contributed by atoms with Crippen LogP contribution in [0.1, 0.15) is 31.0 Å². The van der Waals surface area contributed by atoms with Crippen molar-refractivity contribution in [2.45, 2.75) is 32.9 Å². The normalized spacial score (nSPS) is 11.0. The zero-order chi connectivity index (χ0) is 18.5. The van der Waals surface area contributed by atoms with E-state index >= 15 is 0 Å². The maximum absolute atomic E-state index is 13.0. The Morgan fingerprint density at radius 3 is 2.81 bits per heavy atom. The lowest BCUT2D eigenvalue weighted by Crippen LogP contribution is -2.23. The van der Waals surface area contributed by atoms with E-state index in [0.717, 1.165) is 24.1 Å². The van der Waals surface area contributed by atoms with Crippen LogP contribution in [0.3, 0.4) is 0 Å². The molecular weight excluding hydrogens is 332 g/mol. The third-order valence-electron chi connectivity index (χ3n) is 4.07. The summed E-state index contributed by atoms with van der Waals surface area (Å²) in [4.78, 5) is 25.6. The lowest BCUT2D eigenvalue weighted by atomic mass is 10.2. The Morgan fingerprint density at radius 1 is 1.27 bits per heavy atom. The van der Waals surface area contributed by atoms with Crippen LogP contribution >= 0.6 is 0 Å². The van der Waals surface area contributed by atoms with Gasteiger partial charge in [-0.2, -0.15) is 4.98 Å². The Hall–Kier alpha value is -3.00. The second kappa shape index (κ2) is 7.92. The number of unbranched alkanes of at least 4 members (excludes halogenated alkanes) is 1. The minimum atomic E-state index is -0.200. The molecule has 136 valence electrons. The fourth-order valence-corrected chi connectivity index (χ4v) is 2.65. The molecule has 8 nitrogen and oxygen atoms in total. The zero-order valence-electron chi connectivity index (χ0n) is 14.6. The fraction of sp³-hybridized carbons (Fsp3) is 0.333. The predicted octanol–water partition coefficient (Wildman–Crippen LogP) is 1.52. The summed E-state index contributed by atoms with van der Waals surface area (Å²) in [5, 5.41) is 12.7. The van der Waals surface area contributed by atoms with Crippen molar-refractivity contribution in [3.63, 3.8) is 0 Å². The molecule has 0 amide bonds. The average Bonchev–Trinajstić information content (AvgIpc) is 2.64. The highest BCUT2D eigenvalue weighted by Gasteiger charge is 2.12. The minimum Gasteiger partial charge on any atom is -0.392 e. The van der Waals surface area contributed by atoms with Crippen LogP contribution in [0, 0.1) is 0 Å². The molecule has 0 saturated heterocycles. The lowest BCUT2D eigenvalue weighted by Gasteiger charge is -2.11. The molecule has 3 rings (SSSR count). The van der Waals surface area contributed by atoms with E-state index in [-0.39, 0.29) is 18.1 Å². The maximum Gasteiger partial charge on any atom is 0.264 e. The number of aromatic nitrogens is 4. The molecule has 4 N–H and O–H groups in total. The Bertz CT molecular complexity index is 952. The van der Waals surface area contributed by atoms with E-state index in [4.69, 9.17) is 10.8 Å². The number of hydrogen-bond donors (Lipinski definition) is 3. The van der Waals surface area contributed by atoms with Gasteiger partial charge in [-0.15, -0.1) is 0 Å². The maximum atomic E-state index is 13.0. The van der Waals surface area contributed by atoms with Crippen LogP contribution in [-0.2, 0) is 13.2 Å². The van der Waals surface area contributed by atoms with E-state index in [1.807, 2.05) is 0 Å². The summed E-state index contributed by atoms with van der Waals surface area (Å²) < 4.78 is 1.56. The third kappa shape index (κ3) is 3.80. The van der Waals surface area contributed by atoms with Gasteiger partial charge in [0.1, 0.15) is 11.2 Å². The Kier molecular flexibility index (Phi) is 5.43. The Labute approximate surface area is 150 Å². The summed E-state index contributed by atoms with van der Waals surface area (Å²) in [7, 11) is 0. The van der Waals surface area contributed by atoms with Crippen molar-refractivity contribution in [2.24, 2.45) is 0 Å². The lowest BCUT2D eigenvalue weighted by molar-refractivity contribution is 0.281. The Morgan fingerprint density at radius 2 is 2.12 bits per heavy atom. The van der Waals surface area contributed by atoms with Crippen LogP contribution in [0.25, 0.3) is 10.9 Å². The van der Waals surface area contributed by atoms with Gasteiger partial charge in [-0.3, -0.25) is 9.78 Å². The van der Waals surface area contributed by atoms with Crippen molar-refractivity contribution in [1.82, 2.24) is 19.5 Å². The molecular formula is C18H22N6O2. The highest BCUT2D eigenvalue weighted by atomic mass is 16.3. The number of nitrogens with two attached hydrogens (primary N) is 1. The van der Waals surface area contributed by atoms with Gasteiger partial charge in [0.05, 0.1) is 24.4 Å². The van der Waals surface area contributed by atoms with E-state index in [0.29, 0.717) is 29.8 Å². The summed E-state index contributed by atoms with van der Waals surface area (Å²) in [6.45, 7) is 3.06. The Balaban J connectivity index is 1.98. The smallest absolute Gasteiger partial charge is 0.264 e. The van der Waals surface area contributed by atoms with Gasteiger partial charge in [0, 0.05) is 18.9 Å². The van der Waals surface area contributed by atoms with Gasteiger partial charge in [0.15, 0.2) is 0 Å². The van der Waals surface area contributed by atoms with Crippen LogP contribution in [0.5, 0.6) is 0 Å². The highest BCUT2D eigenvalue weighted by Crippen LogP contribution is 2.18. The van der Waals surface area contributed by atoms with Crippen LogP contribution in [0.15, 0.2) is 35.4 Å². The molecule has 0 aliphatic carbocycles. The molecule has 8 heteroatoms. The van der Waals surface area contributed by atoms with Crippen LogP contribution in [-0.4, -0.2) is 31.2 Å². The van der Waals surface area contributed by atoms with Crippen molar-refractivity contribution >= 4 is 22.7 Å². The first-order valence-corrected chi connectivity index (χ1v) is 8.57. The third-order valence-corrected chi connectivity index (χ3v) is 4.07. The molecule has 3 heterocycles. The van der Waals surface area contributed by atoms with E-state index in [9.17, 15) is 4.79 Å². The van der Waals surface area contributed by atoms with Gasteiger partial charge < -0.3 is 20.7 Å². The van der Waals surface area contributed by atoms with Crippen molar-refractivity contribution in [2.75, 3.05) is 17.6 Å². The number of nitrogens with one attached hydrogen (secondary N) is 1. The van der Waals surface area contributed by atoms with Crippen LogP contribution in [0.4, 0.5) is 11.8 Å². The number of aliphatic hydroxyl groups is 1. The molecule has 0 radical (unpaired) electrons. The number of nitrogen functional groups attached to an aromatic ring is 1. The minimum absolute atomic E-state index is 0.0608. The molecule has 0 saturated carbocycles. The molecule has 0 atom stereocenters. The van der Waals surface area contributed by atoms with E-state index in [1.165, 1.54) is 0 Å². The topological polar surface area (TPSA) is 119 Å². The molecule has 0 aliphatic rings. The SMILES string of the molecule is CCCCNc1nc(N)nc2ccn(Cc3ccc(CO)cn3)c(=O)c12. The molecule has 0 unspecified atom stereocenters. The van der Waals surface area contributed by atoms with Gasteiger partial charge >= 0.3 is 0 Å². The monoisotopic (exact) mass is 354 g/mol. The van der Waals surface area contributed by atoms with E-state index < -0.39 is 0 Å².